The first-order chi connectivity index (χ1) is 13.1. The molecule has 27 heavy (non-hydrogen) atoms. The summed E-state index contributed by atoms with van der Waals surface area (Å²) >= 11 is 0. The van der Waals surface area contributed by atoms with Gasteiger partial charge in [-0.15, -0.1) is 0 Å². The predicted octanol–water partition coefficient (Wildman–Crippen LogP) is 3.33. The quantitative estimate of drug-likeness (QED) is 0.706. The number of anilines is 1. The van der Waals surface area contributed by atoms with Gasteiger partial charge < -0.3 is 10.6 Å². The number of carbonyl (C=O) groups is 2. The molecule has 0 aliphatic carbocycles. The highest BCUT2D eigenvalue weighted by atomic mass is 19.1. The first kappa shape index (κ1) is 18.3. The van der Waals surface area contributed by atoms with Crippen LogP contribution in [0.1, 0.15) is 21.5 Å². The molecule has 0 saturated heterocycles. The van der Waals surface area contributed by atoms with Crippen molar-refractivity contribution in [1.29, 1.82) is 0 Å². The van der Waals surface area contributed by atoms with Gasteiger partial charge in [-0.05, 0) is 41.5 Å². The maximum absolute atomic E-state index is 13.0. The van der Waals surface area contributed by atoms with E-state index >= 15 is 0 Å². The van der Waals surface area contributed by atoms with E-state index in [-0.39, 0.29) is 30.6 Å². The van der Waals surface area contributed by atoms with Crippen molar-refractivity contribution in [3.63, 3.8) is 0 Å². The van der Waals surface area contributed by atoms with Gasteiger partial charge in [0, 0.05) is 24.6 Å². The fourth-order valence-electron chi connectivity index (χ4n) is 2.55. The zero-order chi connectivity index (χ0) is 19.1. The van der Waals surface area contributed by atoms with Gasteiger partial charge in [-0.25, -0.2) is 4.39 Å². The van der Waals surface area contributed by atoms with Crippen LogP contribution in [0.25, 0.3) is 0 Å². The number of para-hydroxylation sites is 1. The van der Waals surface area contributed by atoms with E-state index in [2.05, 4.69) is 15.6 Å². The molecule has 2 aromatic carbocycles. The summed E-state index contributed by atoms with van der Waals surface area (Å²) in [5, 5.41) is 5.65. The smallest absolute Gasteiger partial charge is 0.253 e. The Labute approximate surface area is 156 Å². The van der Waals surface area contributed by atoms with Crippen LogP contribution in [0.4, 0.5) is 10.1 Å². The van der Waals surface area contributed by atoms with Crippen LogP contribution in [0.5, 0.6) is 0 Å². The monoisotopic (exact) mass is 363 g/mol. The minimum Gasteiger partial charge on any atom is -0.348 e. The lowest BCUT2D eigenvalue weighted by atomic mass is 10.1. The second-order valence-electron chi connectivity index (χ2n) is 5.93. The first-order valence-electron chi connectivity index (χ1n) is 8.42. The molecule has 0 aliphatic rings. The molecule has 5 nitrogen and oxygen atoms in total. The Balaban J connectivity index is 1.62. The Hall–Kier alpha value is -3.54. The molecule has 2 amide bonds. The molecule has 3 rings (SSSR count). The van der Waals surface area contributed by atoms with Crippen molar-refractivity contribution in [3.05, 3.63) is 95.6 Å². The summed E-state index contributed by atoms with van der Waals surface area (Å²) in [4.78, 5) is 28.4. The van der Waals surface area contributed by atoms with Crippen LogP contribution < -0.4 is 10.6 Å². The van der Waals surface area contributed by atoms with Crippen LogP contribution in [0, 0.1) is 5.82 Å². The molecule has 0 saturated carbocycles. The maximum atomic E-state index is 13.0. The summed E-state index contributed by atoms with van der Waals surface area (Å²) in [6, 6.07) is 16.4. The summed E-state index contributed by atoms with van der Waals surface area (Å²) in [6.07, 6.45) is 3.23. The van der Waals surface area contributed by atoms with Gasteiger partial charge in [0.05, 0.1) is 12.0 Å². The number of aromatic nitrogens is 1. The zero-order valence-electron chi connectivity index (χ0n) is 14.5. The van der Waals surface area contributed by atoms with Gasteiger partial charge in [-0.3, -0.25) is 14.6 Å². The van der Waals surface area contributed by atoms with Crippen LogP contribution in [0.15, 0.2) is 73.1 Å². The highest BCUT2D eigenvalue weighted by Gasteiger charge is 2.10. The standard InChI is InChI=1S/C21H18FN3O2/c22-18-9-7-15(8-10-18)12-20(26)25-19-6-2-1-4-16(19)14-24-21(27)17-5-3-11-23-13-17/h1-11,13H,12,14H2,(H,24,27)(H,25,26). The molecule has 0 radical (unpaired) electrons. The number of amides is 2. The molecular weight excluding hydrogens is 345 g/mol. The fourth-order valence-corrected chi connectivity index (χ4v) is 2.55. The van der Waals surface area contributed by atoms with Crippen molar-refractivity contribution in [2.45, 2.75) is 13.0 Å². The Morgan fingerprint density at radius 2 is 1.74 bits per heavy atom. The second-order valence-corrected chi connectivity index (χ2v) is 5.93. The average molecular weight is 363 g/mol. The van der Waals surface area contributed by atoms with Gasteiger partial charge in [0.2, 0.25) is 5.91 Å². The summed E-state index contributed by atoms with van der Waals surface area (Å²) in [5.41, 5.74) is 2.59. The minimum atomic E-state index is -0.339. The van der Waals surface area contributed by atoms with E-state index in [1.54, 1.807) is 42.6 Å². The molecule has 0 fully saturated rings. The van der Waals surface area contributed by atoms with Crippen LogP contribution in [0.3, 0.4) is 0 Å². The van der Waals surface area contributed by atoms with E-state index in [0.29, 0.717) is 11.3 Å². The Bertz CT molecular complexity index is 928. The van der Waals surface area contributed by atoms with E-state index in [4.69, 9.17) is 0 Å². The highest BCUT2D eigenvalue weighted by Crippen LogP contribution is 2.16. The molecule has 0 bridgehead atoms. The number of nitrogens with one attached hydrogen (secondary N) is 2. The van der Waals surface area contributed by atoms with E-state index < -0.39 is 0 Å². The van der Waals surface area contributed by atoms with Crippen molar-refractivity contribution < 1.29 is 14.0 Å². The number of hydrogen-bond donors (Lipinski definition) is 2. The normalized spacial score (nSPS) is 10.3. The van der Waals surface area contributed by atoms with E-state index in [9.17, 15) is 14.0 Å². The number of hydrogen-bond acceptors (Lipinski definition) is 3. The second kappa shape index (κ2) is 8.71. The molecule has 6 heteroatoms. The topological polar surface area (TPSA) is 71.1 Å². The molecule has 0 unspecified atom stereocenters. The largest absolute Gasteiger partial charge is 0.348 e. The number of benzene rings is 2. The lowest BCUT2D eigenvalue weighted by molar-refractivity contribution is -0.115. The van der Waals surface area contributed by atoms with Gasteiger partial charge in [-0.2, -0.15) is 0 Å². The summed E-state index contributed by atoms with van der Waals surface area (Å²) < 4.78 is 13.0. The molecule has 2 N–H and O–H groups in total. The first-order valence-corrected chi connectivity index (χ1v) is 8.42. The maximum Gasteiger partial charge on any atom is 0.253 e. The van der Waals surface area contributed by atoms with Crippen molar-refractivity contribution >= 4 is 17.5 Å². The molecule has 0 aliphatic heterocycles. The Morgan fingerprint density at radius 1 is 0.963 bits per heavy atom. The predicted molar refractivity (Wildman–Crippen MR) is 101 cm³/mol. The highest BCUT2D eigenvalue weighted by molar-refractivity contribution is 5.94. The summed E-state index contributed by atoms with van der Waals surface area (Å²) in [7, 11) is 0. The van der Waals surface area contributed by atoms with Gasteiger partial charge in [0.25, 0.3) is 5.91 Å². The van der Waals surface area contributed by atoms with Crippen LogP contribution >= 0.6 is 0 Å². The van der Waals surface area contributed by atoms with Crippen LogP contribution in [-0.4, -0.2) is 16.8 Å². The summed E-state index contributed by atoms with van der Waals surface area (Å²) in [5.74, 6) is -0.794. The minimum absolute atomic E-state index is 0.136. The van der Waals surface area contributed by atoms with Crippen LogP contribution in [0.2, 0.25) is 0 Å². The third-order valence-corrected chi connectivity index (χ3v) is 3.93. The third kappa shape index (κ3) is 5.22. The number of nitrogens with zero attached hydrogens (tertiary/aromatic N) is 1. The molecule has 3 aromatic rings. The average Bonchev–Trinajstić information content (AvgIpc) is 2.69. The third-order valence-electron chi connectivity index (χ3n) is 3.93. The molecule has 1 heterocycles. The Kier molecular flexibility index (Phi) is 5.89. The zero-order valence-corrected chi connectivity index (χ0v) is 14.5. The molecule has 0 atom stereocenters. The lowest BCUT2D eigenvalue weighted by Gasteiger charge is -2.12. The van der Waals surface area contributed by atoms with Crippen LogP contribution in [-0.2, 0) is 17.8 Å². The number of carbonyl (C=O) groups excluding carboxylic acids is 2. The van der Waals surface area contributed by atoms with E-state index in [1.807, 2.05) is 12.1 Å². The summed E-state index contributed by atoms with van der Waals surface area (Å²) in [6.45, 7) is 0.265. The molecular formula is C21H18FN3O2. The lowest BCUT2D eigenvalue weighted by Crippen LogP contribution is -2.24. The van der Waals surface area contributed by atoms with Crippen molar-refractivity contribution in [2.24, 2.45) is 0 Å². The number of rotatable bonds is 6. The SMILES string of the molecule is O=C(Cc1ccc(F)cc1)Nc1ccccc1CNC(=O)c1cccnc1. The fraction of sp³-hybridized carbons (Fsp3) is 0.0952. The van der Waals surface area contributed by atoms with Crippen molar-refractivity contribution in [3.8, 4) is 0 Å². The van der Waals surface area contributed by atoms with Gasteiger partial charge >= 0.3 is 0 Å². The van der Waals surface area contributed by atoms with E-state index in [1.165, 1.54) is 18.3 Å². The van der Waals surface area contributed by atoms with Gasteiger partial charge in [0.1, 0.15) is 5.82 Å². The van der Waals surface area contributed by atoms with Crippen molar-refractivity contribution in [2.75, 3.05) is 5.32 Å². The number of pyridine rings is 1. The number of halogens is 1. The molecule has 1 aromatic heterocycles. The molecule has 0 spiro atoms. The van der Waals surface area contributed by atoms with Crippen molar-refractivity contribution in [1.82, 2.24) is 10.3 Å². The Morgan fingerprint density at radius 3 is 2.48 bits per heavy atom. The van der Waals surface area contributed by atoms with Gasteiger partial charge in [-0.1, -0.05) is 30.3 Å². The van der Waals surface area contributed by atoms with E-state index in [0.717, 1.165) is 11.1 Å². The molecule has 136 valence electrons. The van der Waals surface area contributed by atoms with Gasteiger partial charge in [0.15, 0.2) is 0 Å².